The molecule has 0 bridgehead atoms. The maximum absolute atomic E-state index is 13.4. The van der Waals surface area contributed by atoms with Crippen LogP contribution in [0.25, 0.3) is 11.0 Å². The number of fused-ring (bicyclic) bond motifs is 1. The Morgan fingerprint density at radius 3 is 2.39 bits per heavy atom. The molecular weight excluding hydrogens is 370 g/mol. The highest BCUT2D eigenvalue weighted by atomic mass is 32.2. The SMILES string of the molecule is CSc1c(Cc2ccccc2)nc2nc[nH]c(=O)c2c1C(=O)c1ccccc1. The number of aromatic amines is 1. The largest absolute Gasteiger partial charge is 0.312 e. The van der Waals surface area contributed by atoms with Gasteiger partial charge in [0.25, 0.3) is 5.56 Å². The monoisotopic (exact) mass is 387 g/mol. The van der Waals surface area contributed by atoms with Gasteiger partial charge in [-0.2, -0.15) is 0 Å². The van der Waals surface area contributed by atoms with E-state index in [0.29, 0.717) is 22.4 Å². The third-order valence-electron chi connectivity index (χ3n) is 4.49. The van der Waals surface area contributed by atoms with Crippen molar-refractivity contribution in [3.63, 3.8) is 0 Å². The van der Waals surface area contributed by atoms with Gasteiger partial charge in [0.2, 0.25) is 0 Å². The Hall–Kier alpha value is -3.25. The van der Waals surface area contributed by atoms with Crippen molar-refractivity contribution in [1.29, 1.82) is 0 Å². The molecule has 0 aliphatic heterocycles. The second-order valence-corrected chi connectivity index (χ2v) is 7.07. The molecule has 0 saturated heterocycles. The van der Waals surface area contributed by atoms with Crippen molar-refractivity contribution in [1.82, 2.24) is 15.0 Å². The van der Waals surface area contributed by atoms with Crippen LogP contribution in [0.15, 0.2) is 76.7 Å². The van der Waals surface area contributed by atoms with E-state index >= 15 is 0 Å². The lowest BCUT2D eigenvalue weighted by atomic mass is 9.98. The summed E-state index contributed by atoms with van der Waals surface area (Å²) in [5.74, 6) is -0.204. The first-order chi connectivity index (χ1) is 13.7. The van der Waals surface area contributed by atoms with Crippen LogP contribution in [0.4, 0.5) is 0 Å². The van der Waals surface area contributed by atoms with Gasteiger partial charge < -0.3 is 4.98 Å². The Morgan fingerprint density at radius 1 is 1.04 bits per heavy atom. The van der Waals surface area contributed by atoms with Crippen molar-refractivity contribution < 1.29 is 4.79 Å². The van der Waals surface area contributed by atoms with Gasteiger partial charge in [-0.25, -0.2) is 9.97 Å². The highest BCUT2D eigenvalue weighted by molar-refractivity contribution is 7.98. The van der Waals surface area contributed by atoms with Crippen LogP contribution in [0.3, 0.4) is 0 Å². The molecule has 0 unspecified atom stereocenters. The molecule has 4 rings (SSSR count). The van der Waals surface area contributed by atoms with E-state index in [4.69, 9.17) is 0 Å². The normalized spacial score (nSPS) is 10.9. The lowest BCUT2D eigenvalue weighted by molar-refractivity contribution is 0.103. The molecule has 28 heavy (non-hydrogen) atoms. The van der Waals surface area contributed by atoms with E-state index in [9.17, 15) is 9.59 Å². The smallest absolute Gasteiger partial charge is 0.261 e. The van der Waals surface area contributed by atoms with Crippen LogP contribution < -0.4 is 5.56 Å². The van der Waals surface area contributed by atoms with Gasteiger partial charge in [0.15, 0.2) is 11.4 Å². The van der Waals surface area contributed by atoms with E-state index < -0.39 is 0 Å². The summed E-state index contributed by atoms with van der Waals surface area (Å²) in [6, 6.07) is 18.9. The minimum absolute atomic E-state index is 0.204. The molecule has 2 aromatic heterocycles. The van der Waals surface area contributed by atoms with Crippen molar-refractivity contribution in [2.45, 2.75) is 11.3 Å². The van der Waals surface area contributed by atoms with E-state index in [1.807, 2.05) is 54.8 Å². The number of nitrogens with one attached hydrogen (secondary N) is 1. The standard InChI is InChI=1S/C22H17N3O2S/c1-28-20-16(12-14-8-4-2-5-9-14)25-21-18(22(27)24-13-23-21)17(20)19(26)15-10-6-3-7-11-15/h2-11,13H,12H2,1H3,(H,23,24,25,27). The second-order valence-electron chi connectivity index (χ2n) is 6.25. The summed E-state index contributed by atoms with van der Waals surface area (Å²) in [5, 5.41) is 0.234. The molecule has 138 valence electrons. The van der Waals surface area contributed by atoms with Crippen LogP contribution in [0.2, 0.25) is 0 Å². The topological polar surface area (TPSA) is 75.7 Å². The summed E-state index contributed by atoms with van der Waals surface area (Å²) in [4.78, 5) is 38.1. The lowest BCUT2D eigenvalue weighted by Crippen LogP contribution is -2.16. The summed E-state index contributed by atoms with van der Waals surface area (Å²) >= 11 is 1.42. The molecule has 1 N–H and O–H groups in total. The van der Waals surface area contributed by atoms with Crippen LogP contribution >= 0.6 is 11.8 Å². The Balaban J connectivity index is 2.00. The molecule has 6 heteroatoms. The number of carbonyl (C=O) groups excluding carboxylic acids is 1. The molecule has 0 aliphatic rings. The number of benzene rings is 2. The molecule has 0 saturated carbocycles. The van der Waals surface area contributed by atoms with Gasteiger partial charge in [-0.15, -0.1) is 11.8 Å². The first-order valence-electron chi connectivity index (χ1n) is 8.77. The van der Waals surface area contributed by atoms with Crippen molar-refractivity contribution >= 4 is 28.6 Å². The first-order valence-corrected chi connectivity index (χ1v) is 9.99. The Bertz CT molecular complexity index is 1210. The maximum Gasteiger partial charge on any atom is 0.261 e. The minimum atomic E-state index is -0.363. The van der Waals surface area contributed by atoms with Gasteiger partial charge in [-0.05, 0) is 11.8 Å². The Labute approximate surface area is 165 Å². The number of hydrogen-bond donors (Lipinski definition) is 1. The van der Waals surface area contributed by atoms with Crippen molar-refractivity contribution in [3.05, 3.63) is 99.7 Å². The van der Waals surface area contributed by atoms with E-state index in [0.717, 1.165) is 11.3 Å². The van der Waals surface area contributed by atoms with Gasteiger partial charge in [0.1, 0.15) is 0 Å². The molecule has 0 spiro atoms. The van der Waals surface area contributed by atoms with Crippen LogP contribution in [0.1, 0.15) is 27.2 Å². The Kier molecular flexibility index (Phi) is 5.04. The average molecular weight is 387 g/mol. The van der Waals surface area contributed by atoms with Crippen molar-refractivity contribution in [2.75, 3.05) is 6.26 Å². The zero-order valence-electron chi connectivity index (χ0n) is 15.2. The fourth-order valence-electron chi connectivity index (χ4n) is 3.22. The molecule has 4 aromatic rings. The molecule has 0 aliphatic carbocycles. The van der Waals surface area contributed by atoms with Gasteiger partial charge in [0, 0.05) is 16.9 Å². The predicted molar refractivity (Wildman–Crippen MR) is 111 cm³/mol. The van der Waals surface area contributed by atoms with Crippen LogP contribution in [0, 0.1) is 0 Å². The highest BCUT2D eigenvalue weighted by Gasteiger charge is 2.24. The minimum Gasteiger partial charge on any atom is -0.312 e. The number of carbonyl (C=O) groups is 1. The molecule has 0 radical (unpaired) electrons. The summed E-state index contributed by atoms with van der Waals surface area (Å²) < 4.78 is 0. The zero-order valence-corrected chi connectivity index (χ0v) is 16.0. The second kappa shape index (κ2) is 7.78. The number of rotatable bonds is 5. The number of aromatic nitrogens is 3. The molecule has 0 atom stereocenters. The van der Waals surface area contributed by atoms with Gasteiger partial charge in [0.05, 0.1) is 23.0 Å². The zero-order chi connectivity index (χ0) is 19.5. The third kappa shape index (κ3) is 3.34. The number of pyridine rings is 1. The number of H-pyrrole nitrogens is 1. The van der Waals surface area contributed by atoms with Crippen molar-refractivity contribution in [2.24, 2.45) is 0 Å². The molecule has 0 amide bonds. The lowest BCUT2D eigenvalue weighted by Gasteiger charge is -2.14. The van der Waals surface area contributed by atoms with E-state index in [2.05, 4.69) is 15.0 Å². The molecule has 5 nitrogen and oxygen atoms in total. The number of hydrogen-bond acceptors (Lipinski definition) is 5. The summed E-state index contributed by atoms with van der Waals surface area (Å²) in [7, 11) is 0. The third-order valence-corrected chi connectivity index (χ3v) is 5.34. The summed E-state index contributed by atoms with van der Waals surface area (Å²) in [6.45, 7) is 0. The molecular formula is C22H17N3O2S. The quantitative estimate of drug-likeness (QED) is 0.416. The van der Waals surface area contributed by atoms with Crippen molar-refractivity contribution in [3.8, 4) is 0 Å². The molecule has 2 aromatic carbocycles. The van der Waals surface area contributed by atoms with E-state index in [1.54, 1.807) is 12.1 Å². The van der Waals surface area contributed by atoms with E-state index in [1.165, 1.54) is 18.1 Å². The van der Waals surface area contributed by atoms with Crippen LogP contribution in [-0.2, 0) is 6.42 Å². The van der Waals surface area contributed by atoms with Crippen LogP contribution in [0.5, 0.6) is 0 Å². The molecule has 2 heterocycles. The van der Waals surface area contributed by atoms with Crippen LogP contribution in [-0.4, -0.2) is 27.0 Å². The molecule has 0 fully saturated rings. The fourth-order valence-corrected chi connectivity index (χ4v) is 3.97. The summed E-state index contributed by atoms with van der Waals surface area (Å²) in [6.07, 6.45) is 3.76. The summed E-state index contributed by atoms with van der Waals surface area (Å²) in [5.41, 5.74) is 2.63. The average Bonchev–Trinajstić information content (AvgIpc) is 2.74. The highest BCUT2D eigenvalue weighted by Crippen LogP contribution is 2.31. The number of nitrogens with zero attached hydrogens (tertiary/aromatic N) is 2. The number of thioether (sulfide) groups is 1. The maximum atomic E-state index is 13.4. The Morgan fingerprint density at radius 2 is 1.71 bits per heavy atom. The van der Waals surface area contributed by atoms with Gasteiger partial charge in [-0.1, -0.05) is 60.7 Å². The predicted octanol–water partition coefficient (Wildman–Crippen LogP) is 3.86. The van der Waals surface area contributed by atoms with Gasteiger partial charge in [-0.3, -0.25) is 9.59 Å². The van der Waals surface area contributed by atoms with E-state index in [-0.39, 0.29) is 22.4 Å². The number of ketones is 1. The van der Waals surface area contributed by atoms with Gasteiger partial charge >= 0.3 is 0 Å². The first kappa shape index (κ1) is 18.1. The fraction of sp³-hybridized carbons (Fsp3) is 0.0909.